The zero-order chi connectivity index (χ0) is 15.4. The highest BCUT2D eigenvalue weighted by Crippen LogP contribution is 2.29. The second kappa shape index (κ2) is 4.50. The van der Waals surface area contributed by atoms with E-state index in [0.29, 0.717) is 0 Å². The number of hydrogen-bond donors (Lipinski definition) is 0. The van der Waals surface area contributed by atoms with Gasteiger partial charge in [-0.1, -0.05) is 88.9 Å². The third-order valence-electron chi connectivity index (χ3n) is 4.44. The molecule has 1 aliphatic rings. The second-order valence-corrected chi connectivity index (χ2v) is 8.25. The Balaban J connectivity index is 2.06. The minimum atomic E-state index is 0.203. The largest absolute Gasteiger partial charge is 0.193 e. The fraction of sp³-hybridized carbons (Fsp3) is 0.400. The topological polar surface area (TPSA) is 0 Å². The summed E-state index contributed by atoms with van der Waals surface area (Å²) in [5.74, 6) is 0. The van der Waals surface area contributed by atoms with Crippen LogP contribution in [-0.4, -0.2) is 7.28 Å². The third kappa shape index (κ3) is 2.55. The lowest BCUT2D eigenvalue weighted by atomic mass is 9.66. The van der Waals surface area contributed by atoms with Crippen molar-refractivity contribution in [1.82, 2.24) is 0 Å². The van der Waals surface area contributed by atoms with Crippen LogP contribution in [0.15, 0.2) is 36.4 Å². The summed E-state index contributed by atoms with van der Waals surface area (Å²) in [5, 5.41) is 0. The van der Waals surface area contributed by atoms with Gasteiger partial charge >= 0.3 is 0 Å². The zero-order valence-electron chi connectivity index (χ0n) is 14.0. The number of rotatable bonds is 0. The fourth-order valence-electron chi connectivity index (χ4n) is 2.96. The summed E-state index contributed by atoms with van der Waals surface area (Å²) in [5.41, 5.74) is 8.69. The highest BCUT2D eigenvalue weighted by atomic mass is 14.2. The highest BCUT2D eigenvalue weighted by molar-refractivity contribution is 6.73. The Bertz CT molecular complexity index is 635. The van der Waals surface area contributed by atoms with Crippen molar-refractivity contribution < 1.29 is 0 Å². The lowest BCUT2D eigenvalue weighted by Crippen LogP contribution is -2.24. The first-order chi connectivity index (χ1) is 9.66. The number of benzene rings is 2. The van der Waals surface area contributed by atoms with E-state index in [0.717, 1.165) is 0 Å². The van der Waals surface area contributed by atoms with Crippen LogP contribution < -0.4 is 10.9 Å². The molecule has 1 aliphatic heterocycles. The maximum absolute atomic E-state index is 2.35. The van der Waals surface area contributed by atoms with E-state index < -0.39 is 0 Å². The number of hydrogen-bond acceptors (Lipinski definition) is 0. The smallest absolute Gasteiger partial charge is 0.0734 e. The monoisotopic (exact) mass is 275 g/mol. The molecule has 1 heterocycles. The average molecular weight is 275 g/mol. The van der Waals surface area contributed by atoms with Crippen LogP contribution >= 0.6 is 0 Å². The first-order valence-electron chi connectivity index (χ1n) is 7.80. The van der Waals surface area contributed by atoms with Gasteiger partial charge in [0.25, 0.3) is 0 Å². The predicted octanol–water partition coefficient (Wildman–Crippen LogP) is 3.92. The molecular weight excluding hydrogens is 251 g/mol. The van der Waals surface area contributed by atoms with Crippen LogP contribution in [0.5, 0.6) is 0 Å². The van der Waals surface area contributed by atoms with Crippen LogP contribution in [0, 0.1) is 0 Å². The molecule has 0 saturated heterocycles. The normalized spacial score (nSPS) is 13.6. The lowest BCUT2D eigenvalue weighted by Gasteiger charge is -2.20. The summed E-state index contributed by atoms with van der Waals surface area (Å²) < 4.78 is 0. The summed E-state index contributed by atoms with van der Waals surface area (Å²) in [7, 11) is 2.34. The molecule has 1 heteroatoms. The van der Waals surface area contributed by atoms with Gasteiger partial charge in [0.1, 0.15) is 0 Å². The van der Waals surface area contributed by atoms with Crippen LogP contribution in [0.2, 0.25) is 0 Å². The van der Waals surface area contributed by atoms with Gasteiger partial charge in [-0.2, -0.15) is 0 Å². The van der Waals surface area contributed by atoms with E-state index in [4.69, 9.17) is 0 Å². The standard InChI is InChI=1S/C20H24B/c1-19(2,3)13-7-9-15-16-10-8-14(20(4,5)6)12-18(16)21-17(15)11-13/h7-12H,1-6H3. The van der Waals surface area contributed by atoms with Gasteiger partial charge in [-0.3, -0.25) is 0 Å². The second-order valence-electron chi connectivity index (χ2n) is 8.25. The molecule has 0 N–H and O–H groups in total. The molecule has 0 spiro atoms. The maximum atomic E-state index is 2.35. The Kier molecular flexibility index (Phi) is 3.09. The number of fused-ring (bicyclic) bond motifs is 3. The average Bonchev–Trinajstić information content (AvgIpc) is 2.73. The van der Waals surface area contributed by atoms with Crippen molar-refractivity contribution in [1.29, 1.82) is 0 Å². The van der Waals surface area contributed by atoms with Crippen molar-refractivity contribution in [3.8, 4) is 11.1 Å². The molecule has 2 aromatic rings. The van der Waals surface area contributed by atoms with Crippen molar-refractivity contribution in [3.05, 3.63) is 47.5 Å². The van der Waals surface area contributed by atoms with Gasteiger partial charge in [0, 0.05) is 0 Å². The van der Waals surface area contributed by atoms with Crippen molar-refractivity contribution >= 4 is 18.2 Å². The van der Waals surface area contributed by atoms with Crippen LogP contribution in [0.3, 0.4) is 0 Å². The molecule has 1 radical (unpaired) electrons. The maximum Gasteiger partial charge on any atom is 0.193 e. The molecule has 2 aromatic carbocycles. The molecule has 0 nitrogen and oxygen atoms in total. The van der Waals surface area contributed by atoms with Gasteiger partial charge in [-0.15, -0.1) is 0 Å². The van der Waals surface area contributed by atoms with Gasteiger partial charge < -0.3 is 0 Å². The zero-order valence-corrected chi connectivity index (χ0v) is 14.0. The molecule has 3 rings (SSSR count). The van der Waals surface area contributed by atoms with Crippen molar-refractivity contribution in [3.63, 3.8) is 0 Å². The Morgan fingerprint density at radius 1 is 0.619 bits per heavy atom. The Labute approximate surface area is 129 Å². The van der Waals surface area contributed by atoms with Gasteiger partial charge in [0.15, 0.2) is 7.28 Å². The molecule has 0 fully saturated rings. The minimum absolute atomic E-state index is 0.203. The molecule has 0 atom stereocenters. The lowest BCUT2D eigenvalue weighted by molar-refractivity contribution is 0.590. The summed E-state index contributed by atoms with van der Waals surface area (Å²) in [6, 6.07) is 13.8. The van der Waals surface area contributed by atoms with Crippen LogP contribution in [0.25, 0.3) is 11.1 Å². The molecule has 0 bridgehead atoms. The summed E-state index contributed by atoms with van der Waals surface area (Å²) in [4.78, 5) is 0. The summed E-state index contributed by atoms with van der Waals surface area (Å²) >= 11 is 0. The fourth-order valence-corrected chi connectivity index (χ4v) is 2.96. The van der Waals surface area contributed by atoms with Crippen molar-refractivity contribution in [2.45, 2.75) is 52.4 Å². The van der Waals surface area contributed by atoms with Crippen molar-refractivity contribution in [2.24, 2.45) is 0 Å². The quantitative estimate of drug-likeness (QED) is 0.545. The van der Waals surface area contributed by atoms with Gasteiger partial charge in [-0.05, 0) is 33.1 Å². The van der Waals surface area contributed by atoms with E-state index in [2.05, 4.69) is 85.2 Å². The third-order valence-corrected chi connectivity index (χ3v) is 4.44. The molecule has 0 aromatic heterocycles. The van der Waals surface area contributed by atoms with Gasteiger partial charge in [0.2, 0.25) is 0 Å². The Hall–Kier alpha value is -1.50. The van der Waals surface area contributed by atoms with Gasteiger partial charge in [-0.25, -0.2) is 0 Å². The first-order valence-corrected chi connectivity index (χ1v) is 7.80. The van der Waals surface area contributed by atoms with Gasteiger partial charge in [0.05, 0.1) is 0 Å². The molecule has 21 heavy (non-hydrogen) atoms. The Morgan fingerprint density at radius 2 is 1.00 bits per heavy atom. The molecule has 107 valence electrons. The molecular formula is C20H24B. The molecule has 0 saturated carbocycles. The van der Waals surface area contributed by atoms with Crippen LogP contribution in [-0.2, 0) is 10.8 Å². The van der Waals surface area contributed by atoms with E-state index in [1.54, 1.807) is 0 Å². The summed E-state index contributed by atoms with van der Waals surface area (Å²) in [6.45, 7) is 13.6. The molecule has 0 aliphatic carbocycles. The first kappa shape index (κ1) is 14.4. The van der Waals surface area contributed by atoms with E-state index in [1.165, 1.54) is 33.2 Å². The SMILES string of the molecule is CC(C)(C)c1ccc2c(c1)[B]c1cc(C(C)(C)C)ccc1-2. The summed E-state index contributed by atoms with van der Waals surface area (Å²) in [6.07, 6.45) is 0. The van der Waals surface area contributed by atoms with Crippen molar-refractivity contribution in [2.75, 3.05) is 0 Å². The minimum Gasteiger partial charge on any atom is -0.0734 e. The Morgan fingerprint density at radius 3 is 1.33 bits per heavy atom. The highest BCUT2D eigenvalue weighted by Gasteiger charge is 2.24. The predicted molar refractivity (Wildman–Crippen MR) is 94.3 cm³/mol. The van der Waals surface area contributed by atoms with E-state index in [-0.39, 0.29) is 10.8 Å². The van der Waals surface area contributed by atoms with E-state index in [9.17, 15) is 0 Å². The molecule has 0 amide bonds. The van der Waals surface area contributed by atoms with Crippen LogP contribution in [0.1, 0.15) is 52.7 Å². The van der Waals surface area contributed by atoms with Crippen LogP contribution in [0.4, 0.5) is 0 Å². The molecule has 0 unspecified atom stereocenters. The van der Waals surface area contributed by atoms with E-state index >= 15 is 0 Å². The van der Waals surface area contributed by atoms with E-state index in [1.807, 2.05) is 0 Å².